The van der Waals surface area contributed by atoms with Crippen molar-refractivity contribution in [3.05, 3.63) is 40.3 Å². The molecule has 134 valence electrons. The van der Waals surface area contributed by atoms with Crippen molar-refractivity contribution in [2.45, 2.75) is 19.4 Å². The molecule has 1 aliphatic rings. The summed E-state index contributed by atoms with van der Waals surface area (Å²) in [5, 5.41) is 5.95. The summed E-state index contributed by atoms with van der Waals surface area (Å²) in [6.07, 6.45) is 0.960. The highest BCUT2D eigenvalue weighted by Gasteiger charge is 2.22. The Kier molecular flexibility index (Phi) is 4.81. The van der Waals surface area contributed by atoms with Crippen molar-refractivity contribution < 1.29 is 14.3 Å². The minimum atomic E-state index is -0.357. The predicted molar refractivity (Wildman–Crippen MR) is 101 cm³/mol. The fraction of sp³-hybridized carbons (Fsp3) is 0.294. The Hall–Kier alpha value is -2.52. The van der Waals surface area contributed by atoms with Gasteiger partial charge in [0.05, 0.1) is 22.3 Å². The maximum Gasteiger partial charge on any atom is 0.323 e. The van der Waals surface area contributed by atoms with Crippen LogP contribution in [0.3, 0.4) is 0 Å². The Bertz CT molecular complexity index is 919. The lowest BCUT2D eigenvalue weighted by Crippen LogP contribution is -2.46. The molecule has 0 radical (unpaired) electrons. The molecule has 2 amide bonds. The van der Waals surface area contributed by atoms with Crippen LogP contribution in [0, 0.1) is 0 Å². The van der Waals surface area contributed by atoms with Gasteiger partial charge in [0.2, 0.25) is 0 Å². The van der Waals surface area contributed by atoms with E-state index in [1.54, 1.807) is 10.3 Å². The number of ether oxygens (including phenoxy) is 1. The minimum Gasteiger partial charge on any atom is -0.458 e. The second kappa shape index (κ2) is 7.38. The Morgan fingerprint density at radius 3 is 3.04 bits per heavy atom. The van der Waals surface area contributed by atoms with Crippen LogP contribution >= 0.6 is 22.7 Å². The molecule has 0 bridgehead atoms. The van der Waals surface area contributed by atoms with Crippen LogP contribution in [0.1, 0.15) is 17.1 Å². The first kappa shape index (κ1) is 16.9. The van der Waals surface area contributed by atoms with E-state index in [0.29, 0.717) is 23.9 Å². The second-order valence-corrected chi connectivity index (χ2v) is 7.72. The number of benzene rings is 1. The number of carbonyl (C=O) groups excluding carboxylic acids is 2. The third-order valence-electron chi connectivity index (χ3n) is 3.87. The number of anilines is 1. The summed E-state index contributed by atoms with van der Waals surface area (Å²) in [5.74, 6) is -0.357. The summed E-state index contributed by atoms with van der Waals surface area (Å²) in [4.78, 5) is 34.3. The van der Waals surface area contributed by atoms with Crippen LogP contribution in [-0.2, 0) is 22.6 Å². The van der Waals surface area contributed by atoms with E-state index in [2.05, 4.69) is 15.3 Å². The summed E-state index contributed by atoms with van der Waals surface area (Å²) in [6.45, 7) is 1.48. The standard InChI is InChI=1S/C17H16N4O3S2/c22-15(24-9-14-20-12-4-1-2-5-13(12)26-14)8-11-10-25-17(19-11)21-7-3-6-18-16(21)23/h1-2,4-5,10H,3,6-9H2,(H,18,23). The monoisotopic (exact) mass is 388 g/mol. The second-order valence-electron chi connectivity index (χ2n) is 5.77. The fourth-order valence-electron chi connectivity index (χ4n) is 2.64. The molecule has 9 heteroatoms. The van der Waals surface area contributed by atoms with E-state index in [-0.39, 0.29) is 25.0 Å². The van der Waals surface area contributed by atoms with Crippen LogP contribution in [0.25, 0.3) is 10.2 Å². The highest BCUT2D eigenvalue weighted by Crippen LogP contribution is 2.24. The first-order valence-electron chi connectivity index (χ1n) is 8.19. The van der Waals surface area contributed by atoms with Gasteiger partial charge in [-0.1, -0.05) is 12.1 Å². The minimum absolute atomic E-state index is 0.0802. The molecule has 26 heavy (non-hydrogen) atoms. The molecule has 2 aromatic heterocycles. The van der Waals surface area contributed by atoms with Gasteiger partial charge in [-0.05, 0) is 18.6 Å². The Balaban J connectivity index is 1.34. The van der Waals surface area contributed by atoms with Gasteiger partial charge >= 0.3 is 12.0 Å². The van der Waals surface area contributed by atoms with Crippen LogP contribution < -0.4 is 10.2 Å². The first-order valence-corrected chi connectivity index (χ1v) is 9.88. The molecule has 0 saturated carbocycles. The quantitative estimate of drug-likeness (QED) is 0.680. The molecule has 1 aromatic carbocycles. The van der Waals surface area contributed by atoms with Crippen LogP contribution in [0.4, 0.5) is 9.93 Å². The average molecular weight is 388 g/mol. The molecule has 0 unspecified atom stereocenters. The van der Waals surface area contributed by atoms with E-state index < -0.39 is 0 Å². The van der Waals surface area contributed by atoms with Gasteiger partial charge in [-0.15, -0.1) is 22.7 Å². The number of rotatable bonds is 5. The van der Waals surface area contributed by atoms with Crippen LogP contribution in [-0.4, -0.2) is 35.1 Å². The molecule has 1 fully saturated rings. The van der Waals surface area contributed by atoms with Crippen molar-refractivity contribution in [1.29, 1.82) is 0 Å². The van der Waals surface area contributed by atoms with Crippen LogP contribution in [0.5, 0.6) is 0 Å². The normalized spacial score (nSPS) is 14.5. The number of esters is 1. The van der Waals surface area contributed by atoms with Crippen molar-refractivity contribution in [3.63, 3.8) is 0 Å². The molecule has 0 aliphatic carbocycles. The van der Waals surface area contributed by atoms with Gasteiger partial charge in [0.25, 0.3) is 0 Å². The number of amides is 2. The van der Waals surface area contributed by atoms with E-state index in [1.807, 2.05) is 24.3 Å². The molecule has 1 N–H and O–H groups in total. The third kappa shape index (κ3) is 3.68. The van der Waals surface area contributed by atoms with Crippen LogP contribution in [0.15, 0.2) is 29.6 Å². The molecule has 0 atom stereocenters. The highest BCUT2D eigenvalue weighted by molar-refractivity contribution is 7.18. The number of carbonyl (C=O) groups is 2. The molecule has 3 aromatic rings. The van der Waals surface area contributed by atoms with E-state index in [1.165, 1.54) is 22.7 Å². The third-order valence-corrected chi connectivity index (χ3v) is 5.79. The summed E-state index contributed by atoms with van der Waals surface area (Å²) >= 11 is 2.87. The van der Waals surface area contributed by atoms with Gasteiger partial charge < -0.3 is 10.1 Å². The number of nitrogens with one attached hydrogen (secondary N) is 1. The molecular formula is C17H16N4O3S2. The van der Waals surface area contributed by atoms with Gasteiger partial charge in [-0.25, -0.2) is 14.8 Å². The van der Waals surface area contributed by atoms with Gasteiger partial charge in [0, 0.05) is 18.5 Å². The largest absolute Gasteiger partial charge is 0.458 e. The number of thiazole rings is 2. The highest BCUT2D eigenvalue weighted by atomic mass is 32.1. The maximum atomic E-state index is 12.1. The van der Waals surface area contributed by atoms with Crippen molar-refractivity contribution in [2.75, 3.05) is 18.0 Å². The topological polar surface area (TPSA) is 84.4 Å². The number of nitrogens with zero attached hydrogens (tertiary/aromatic N) is 3. The van der Waals surface area contributed by atoms with Crippen molar-refractivity contribution >= 4 is 50.0 Å². The van der Waals surface area contributed by atoms with Gasteiger partial charge in [-0.2, -0.15) is 0 Å². The lowest BCUT2D eigenvalue weighted by Gasteiger charge is -2.24. The lowest BCUT2D eigenvalue weighted by atomic mass is 10.3. The van der Waals surface area contributed by atoms with E-state index in [0.717, 1.165) is 21.6 Å². The smallest absolute Gasteiger partial charge is 0.323 e. The first-order chi connectivity index (χ1) is 12.7. The zero-order chi connectivity index (χ0) is 17.9. The summed E-state index contributed by atoms with van der Waals surface area (Å²) in [5.41, 5.74) is 1.52. The molecule has 7 nitrogen and oxygen atoms in total. The number of hydrogen-bond donors (Lipinski definition) is 1. The lowest BCUT2D eigenvalue weighted by molar-refractivity contribution is -0.144. The molecule has 1 aliphatic heterocycles. The molecule has 0 spiro atoms. The Morgan fingerprint density at radius 2 is 2.19 bits per heavy atom. The fourth-order valence-corrected chi connectivity index (χ4v) is 4.37. The van der Waals surface area contributed by atoms with Crippen molar-refractivity contribution in [2.24, 2.45) is 0 Å². The SMILES string of the molecule is O=C(Cc1csc(N2CCCNC2=O)n1)OCc1nc2ccccc2s1. The van der Waals surface area contributed by atoms with Crippen molar-refractivity contribution in [1.82, 2.24) is 15.3 Å². The Morgan fingerprint density at radius 1 is 1.31 bits per heavy atom. The average Bonchev–Trinajstić information content (AvgIpc) is 3.27. The summed E-state index contributed by atoms with van der Waals surface area (Å²) in [7, 11) is 0. The molecule has 1 saturated heterocycles. The number of urea groups is 1. The molecule has 4 rings (SSSR count). The van der Waals surface area contributed by atoms with Gasteiger partial charge in [0.15, 0.2) is 5.13 Å². The number of aromatic nitrogens is 2. The zero-order valence-electron chi connectivity index (χ0n) is 13.8. The molecular weight excluding hydrogens is 372 g/mol. The Labute approximate surface area is 157 Å². The molecule has 3 heterocycles. The predicted octanol–water partition coefficient (Wildman–Crippen LogP) is 2.96. The van der Waals surface area contributed by atoms with Gasteiger partial charge in [0.1, 0.15) is 11.6 Å². The van der Waals surface area contributed by atoms with E-state index >= 15 is 0 Å². The van der Waals surface area contributed by atoms with Gasteiger partial charge in [-0.3, -0.25) is 9.69 Å². The maximum absolute atomic E-state index is 12.1. The van der Waals surface area contributed by atoms with Crippen molar-refractivity contribution in [3.8, 4) is 0 Å². The zero-order valence-corrected chi connectivity index (χ0v) is 15.4. The summed E-state index contributed by atoms with van der Waals surface area (Å²) < 4.78 is 6.39. The number of fused-ring (bicyclic) bond motifs is 1. The van der Waals surface area contributed by atoms with E-state index in [9.17, 15) is 9.59 Å². The van der Waals surface area contributed by atoms with E-state index in [4.69, 9.17) is 4.74 Å². The number of hydrogen-bond acceptors (Lipinski definition) is 7. The van der Waals surface area contributed by atoms with Crippen LogP contribution in [0.2, 0.25) is 0 Å². The number of para-hydroxylation sites is 1. The summed E-state index contributed by atoms with van der Waals surface area (Å²) in [6, 6.07) is 7.67.